The van der Waals surface area contributed by atoms with Gasteiger partial charge < -0.3 is 10.1 Å². The second-order valence-corrected chi connectivity index (χ2v) is 5.24. The highest BCUT2D eigenvalue weighted by Crippen LogP contribution is 2.29. The lowest BCUT2D eigenvalue weighted by Crippen LogP contribution is -2.28. The zero-order valence-electron chi connectivity index (χ0n) is 10.3. The average Bonchev–Trinajstić information content (AvgIpc) is 2.89. The number of ether oxygens (including phenoxy) is 1. The maximum Gasteiger partial charge on any atom is 0.0576 e. The molecule has 2 heteroatoms. The molecule has 1 aromatic rings. The van der Waals surface area contributed by atoms with Gasteiger partial charge in [-0.1, -0.05) is 24.3 Å². The zero-order chi connectivity index (χ0) is 11.5. The molecule has 0 spiro atoms. The Labute approximate surface area is 103 Å². The first-order valence-corrected chi connectivity index (χ1v) is 6.83. The van der Waals surface area contributed by atoms with Crippen LogP contribution in [0.25, 0.3) is 0 Å². The Kier molecular flexibility index (Phi) is 3.44. The van der Waals surface area contributed by atoms with E-state index in [2.05, 4.69) is 29.6 Å². The molecule has 0 radical (unpaired) electrons. The van der Waals surface area contributed by atoms with E-state index in [0.717, 1.165) is 19.7 Å². The topological polar surface area (TPSA) is 21.3 Å². The molecule has 2 unspecified atom stereocenters. The summed E-state index contributed by atoms with van der Waals surface area (Å²) in [7, 11) is 0. The van der Waals surface area contributed by atoms with Crippen LogP contribution in [0.4, 0.5) is 0 Å². The summed E-state index contributed by atoms with van der Waals surface area (Å²) in [5, 5.41) is 3.53. The maximum atomic E-state index is 5.71. The molecule has 2 aliphatic rings. The summed E-state index contributed by atoms with van der Waals surface area (Å²) in [4.78, 5) is 0. The summed E-state index contributed by atoms with van der Waals surface area (Å²) in [5.41, 5.74) is 3.04. The summed E-state index contributed by atoms with van der Waals surface area (Å²) in [6.07, 6.45) is 5.53. The second kappa shape index (κ2) is 5.19. The standard InChI is InChI=1S/C15H21NO/c1-2-6-15-12(4-1)10-16-11-13(15)7-8-14-5-3-9-17-14/h1-2,4,6,13-14,16H,3,5,7-11H2. The molecule has 3 rings (SSSR count). The summed E-state index contributed by atoms with van der Waals surface area (Å²) in [6.45, 7) is 3.14. The first-order chi connectivity index (χ1) is 8.43. The highest BCUT2D eigenvalue weighted by atomic mass is 16.5. The molecule has 2 aliphatic heterocycles. The van der Waals surface area contributed by atoms with Crippen molar-refractivity contribution in [1.82, 2.24) is 5.32 Å². The molecule has 1 aromatic carbocycles. The molecule has 17 heavy (non-hydrogen) atoms. The van der Waals surface area contributed by atoms with E-state index in [1.807, 2.05) is 0 Å². The fourth-order valence-corrected chi connectivity index (χ4v) is 3.10. The quantitative estimate of drug-likeness (QED) is 0.863. The fourth-order valence-electron chi connectivity index (χ4n) is 3.10. The van der Waals surface area contributed by atoms with Gasteiger partial charge in [0.05, 0.1) is 6.10 Å². The average molecular weight is 231 g/mol. The number of hydrogen-bond donors (Lipinski definition) is 1. The minimum Gasteiger partial charge on any atom is -0.378 e. The molecular formula is C15H21NO. The van der Waals surface area contributed by atoms with Crippen LogP contribution in [-0.2, 0) is 11.3 Å². The smallest absolute Gasteiger partial charge is 0.0576 e. The van der Waals surface area contributed by atoms with Crippen molar-refractivity contribution in [1.29, 1.82) is 0 Å². The van der Waals surface area contributed by atoms with Crippen LogP contribution in [0.1, 0.15) is 42.7 Å². The Bertz CT molecular complexity index is 371. The predicted octanol–water partition coefficient (Wildman–Crippen LogP) is 2.83. The molecule has 92 valence electrons. The van der Waals surface area contributed by atoms with Gasteiger partial charge in [-0.15, -0.1) is 0 Å². The highest BCUT2D eigenvalue weighted by Gasteiger charge is 2.22. The number of nitrogens with one attached hydrogen (secondary N) is 1. The molecule has 0 saturated carbocycles. The van der Waals surface area contributed by atoms with E-state index >= 15 is 0 Å². The maximum absolute atomic E-state index is 5.71. The monoisotopic (exact) mass is 231 g/mol. The molecule has 0 aliphatic carbocycles. The van der Waals surface area contributed by atoms with Crippen LogP contribution < -0.4 is 5.32 Å². The van der Waals surface area contributed by atoms with Crippen LogP contribution in [0.5, 0.6) is 0 Å². The van der Waals surface area contributed by atoms with Crippen molar-refractivity contribution in [2.24, 2.45) is 0 Å². The molecule has 1 N–H and O–H groups in total. The largest absolute Gasteiger partial charge is 0.378 e. The van der Waals surface area contributed by atoms with Crippen molar-refractivity contribution in [3.8, 4) is 0 Å². The number of rotatable bonds is 3. The van der Waals surface area contributed by atoms with Crippen molar-refractivity contribution in [2.45, 2.75) is 44.2 Å². The fraction of sp³-hybridized carbons (Fsp3) is 0.600. The van der Waals surface area contributed by atoms with E-state index < -0.39 is 0 Å². The highest BCUT2D eigenvalue weighted by molar-refractivity contribution is 5.32. The van der Waals surface area contributed by atoms with Gasteiger partial charge >= 0.3 is 0 Å². The molecule has 0 aromatic heterocycles. The van der Waals surface area contributed by atoms with Crippen LogP contribution in [0.3, 0.4) is 0 Å². The lowest BCUT2D eigenvalue weighted by Gasteiger charge is -2.27. The normalized spacial score (nSPS) is 28.0. The Balaban J connectivity index is 1.64. The molecule has 2 atom stereocenters. The van der Waals surface area contributed by atoms with Crippen molar-refractivity contribution in [3.63, 3.8) is 0 Å². The summed E-state index contributed by atoms with van der Waals surface area (Å²) in [5.74, 6) is 0.684. The zero-order valence-corrected chi connectivity index (χ0v) is 10.3. The molecular weight excluding hydrogens is 210 g/mol. The van der Waals surface area contributed by atoms with Crippen LogP contribution >= 0.6 is 0 Å². The Morgan fingerprint density at radius 1 is 1.24 bits per heavy atom. The molecule has 0 bridgehead atoms. The van der Waals surface area contributed by atoms with Gasteiger partial charge in [-0.2, -0.15) is 0 Å². The van der Waals surface area contributed by atoms with Crippen molar-refractivity contribution < 1.29 is 4.74 Å². The van der Waals surface area contributed by atoms with Gasteiger partial charge in [0.25, 0.3) is 0 Å². The van der Waals surface area contributed by atoms with Gasteiger partial charge in [-0.3, -0.25) is 0 Å². The van der Waals surface area contributed by atoms with Crippen molar-refractivity contribution in [2.75, 3.05) is 13.2 Å². The predicted molar refractivity (Wildman–Crippen MR) is 69.1 cm³/mol. The minimum absolute atomic E-state index is 0.532. The van der Waals surface area contributed by atoms with E-state index in [1.54, 1.807) is 5.56 Å². The van der Waals surface area contributed by atoms with E-state index in [0.29, 0.717) is 12.0 Å². The van der Waals surface area contributed by atoms with Crippen LogP contribution in [0, 0.1) is 0 Å². The van der Waals surface area contributed by atoms with E-state index in [-0.39, 0.29) is 0 Å². The second-order valence-electron chi connectivity index (χ2n) is 5.24. The summed E-state index contributed by atoms with van der Waals surface area (Å²) < 4.78 is 5.71. The van der Waals surface area contributed by atoms with Crippen LogP contribution in [-0.4, -0.2) is 19.3 Å². The number of hydrogen-bond acceptors (Lipinski definition) is 2. The number of fused-ring (bicyclic) bond motifs is 1. The molecule has 0 amide bonds. The molecule has 2 nitrogen and oxygen atoms in total. The van der Waals surface area contributed by atoms with Gasteiger partial charge in [0.15, 0.2) is 0 Å². The minimum atomic E-state index is 0.532. The Morgan fingerprint density at radius 2 is 2.18 bits per heavy atom. The van der Waals surface area contributed by atoms with E-state index in [1.165, 1.54) is 31.2 Å². The summed E-state index contributed by atoms with van der Waals surface area (Å²) >= 11 is 0. The van der Waals surface area contributed by atoms with Gasteiger partial charge in [-0.25, -0.2) is 0 Å². The molecule has 1 saturated heterocycles. The Hall–Kier alpha value is -0.860. The van der Waals surface area contributed by atoms with Crippen molar-refractivity contribution in [3.05, 3.63) is 35.4 Å². The van der Waals surface area contributed by atoms with E-state index in [4.69, 9.17) is 4.74 Å². The third kappa shape index (κ3) is 2.53. The van der Waals surface area contributed by atoms with Crippen LogP contribution in [0.15, 0.2) is 24.3 Å². The molecule has 2 heterocycles. The van der Waals surface area contributed by atoms with Gasteiger partial charge in [0, 0.05) is 19.7 Å². The first-order valence-electron chi connectivity index (χ1n) is 6.83. The van der Waals surface area contributed by atoms with Crippen molar-refractivity contribution >= 4 is 0 Å². The molecule has 1 fully saturated rings. The van der Waals surface area contributed by atoms with Gasteiger partial charge in [0.1, 0.15) is 0 Å². The Morgan fingerprint density at radius 3 is 3.06 bits per heavy atom. The van der Waals surface area contributed by atoms with Gasteiger partial charge in [0.2, 0.25) is 0 Å². The SMILES string of the molecule is c1ccc2c(c1)CNCC2CCC1CCCO1. The lowest BCUT2D eigenvalue weighted by atomic mass is 9.87. The third-order valence-corrected chi connectivity index (χ3v) is 4.06. The van der Waals surface area contributed by atoms with Crippen LogP contribution in [0.2, 0.25) is 0 Å². The third-order valence-electron chi connectivity index (χ3n) is 4.06. The van der Waals surface area contributed by atoms with Gasteiger partial charge in [-0.05, 0) is 42.7 Å². The lowest BCUT2D eigenvalue weighted by molar-refractivity contribution is 0.100. The van der Waals surface area contributed by atoms with E-state index in [9.17, 15) is 0 Å². The summed E-state index contributed by atoms with van der Waals surface area (Å²) in [6, 6.07) is 8.86. The number of benzene rings is 1. The first kappa shape index (κ1) is 11.2.